The van der Waals surface area contributed by atoms with Crippen LogP contribution in [0.2, 0.25) is 0 Å². The summed E-state index contributed by atoms with van der Waals surface area (Å²) in [6.07, 6.45) is 2.97. The molecule has 0 atom stereocenters. The van der Waals surface area contributed by atoms with E-state index < -0.39 is 17.7 Å². The number of urea groups is 1. The first-order valence-corrected chi connectivity index (χ1v) is 9.68. The summed E-state index contributed by atoms with van der Waals surface area (Å²) in [6, 6.07) is 7.64. The maximum atomic E-state index is 13.3. The number of nitrogens with zero attached hydrogens (tertiary/aromatic N) is 1. The monoisotopic (exact) mass is 402 g/mol. The van der Waals surface area contributed by atoms with E-state index in [-0.39, 0.29) is 11.6 Å². The Morgan fingerprint density at radius 2 is 1.62 bits per heavy atom. The highest BCUT2D eigenvalue weighted by Crippen LogP contribution is 2.27. The van der Waals surface area contributed by atoms with Gasteiger partial charge in [-0.2, -0.15) is 0 Å². The second-order valence-electron chi connectivity index (χ2n) is 6.89. The van der Waals surface area contributed by atoms with Crippen molar-refractivity contribution in [2.45, 2.75) is 26.2 Å². The number of rotatable bonds is 6. The molecule has 0 aromatic heterocycles. The zero-order chi connectivity index (χ0) is 20.8. The fourth-order valence-electron chi connectivity index (χ4n) is 3.23. The molecular weight excluding hydrogens is 378 g/mol. The van der Waals surface area contributed by atoms with E-state index >= 15 is 0 Å². The van der Waals surface area contributed by atoms with Crippen LogP contribution in [-0.4, -0.2) is 31.6 Å². The Hall–Kier alpha value is -3.16. The third kappa shape index (κ3) is 5.22. The molecule has 1 saturated heterocycles. The van der Waals surface area contributed by atoms with Crippen molar-refractivity contribution in [3.63, 3.8) is 0 Å². The number of hydrogen-bond acceptors (Lipinski definition) is 3. The molecule has 1 heterocycles. The number of anilines is 3. The van der Waals surface area contributed by atoms with Crippen molar-refractivity contribution in [3.05, 3.63) is 53.6 Å². The predicted octanol–water partition coefficient (Wildman–Crippen LogP) is 4.35. The van der Waals surface area contributed by atoms with E-state index in [1.54, 1.807) is 12.1 Å². The van der Waals surface area contributed by atoms with E-state index in [1.165, 1.54) is 6.07 Å². The van der Waals surface area contributed by atoms with Gasteiger partial charge < -0.3 is 20.9 Å². The Morgan fingerprint density at radius 1 is 0.966 bits per heavy atom. The Labute approximate surface area is 168 Å². The molecule has 0 saturated carbocycles. The van der Waals surface area contributed by atoms with Crippen LogP contribution in [0.5, 0.6) is 0 Å². The largest absolute Gasteiger partial charge is 0.371 e. The van der Waals surface area contributed by atoms with Crippen LogP contribution >= 0.6 is 0 Å². The van der Waals surface area contributed by atoms with E-state index in [0.29, 0.717) is 17.8 Å². The number of benzene rings is 2. The first kappa shape index (κ1) is 20.6. The zero-order valence-corrected chi connectivity index (χ0v) is 16.2. The third-order valence-electron chi connectivity index (χ3n) is 4.66. The summed E-state index contributed by atoms with van der Waals surface area (Å²) >= 11 is 0. The first-order chi connectivity index (χ1) is 14.0. The summed E-state index contributed by atoms with van der Waals surface area (Å²) in [5, 5.41) is 7.95. The number of amides is 3. The molecule has 0 aliphatic carbocycles. The molecule has 6 nitrogen and oxygen atoms in total. The molecule has 0 bridgehead atoms. The summed E-state index contributed by atoms with van der Waals surface area (Å²) < 4.78 is 26.3. The fraction of sp³-hybridized carbons (Fsp3) is 0.333. The van der Waals surface area contributed by atoms with Crippen LogP contribution in [0.4, 0.5) is 30.6 Å². The van der Waals surface area contributed by atoms with Crippen molar-refractivity contribution in [1.82, 2.24) is 5.32 Å². The smallest absolute Gasteiger partial charge is 0.323 e. The predicted molar refractivity (Wildman–Crippen MR) is 110 cm³/mol. The van der Waals surface area contributed by atoms with Gasteiger partial charge in [0.2, 0.25) is 0 Å². The lowest BCUT2D eigenvalue weighted by atomic mass is 10.1. The van der Waals surface area contributed by atoms with Crippen molar-refractivity contribution in [2.75, 3.05) is 35.2 Å². The molecule has 3 amide bonds. The molecule has 8 heteroatoms. The lowest BCUT2D eigenvalue weighted by Gasteiger charge is -2.22. The highest BCUT2D eigenvalue weighted by Gasteiger charge is 2.20. The van der Waals surface area contributed by atoms with Gasteiger partial charge in [-0.15, -0.1) is 0 Å². The van der Waals surface area contributed by atoms with Gasteiger partial charge >= 0.3 is 6.03 Å². The standard InChI is InChI=1S/C21H24F2N4O2/c1-2-9-24-20(28)16-12-14(6-8-19(16)27-10-3-4-11-27)25-21(29)26-15-5-7-17(22)18(23)13-15/h5-8,12-13H,2-4,9-11H2,1H3,(H,24,28)(H2,25,26,29). The number of halogens is 2. The van der Waals surface area contributed by atoms with E-state index in [9.17, 15) is 18.4 Å². The van der Waals surface area contributed by atoms with Crippen molar-refractivity contribution in [2.24, 2.45) is 0 Å². The van der Waals surface area contributed by atoms with Crippen molar-refractivity contribution in [3.8, 4) is 0 Å². The minimum absolute atomic E-state index is 0.121. The van der Waals surface area contributed by atoms with Crippen molar-refractivity contribution < 1.29 is 18.4 Å². The van der Waals surface area contributed by atoms with Crippen molar-refractivity contribution >= 4 is 29.0 Å². The Morgan fingerprint density at radius 3 is 2.28 bits per heavy atom. The Bertz CT molecular complexity index is 898. The van der Waals surface area contributed by atoms with Gasteiger partial charge in [0, 0.05) is 42.8 Å². The van der Waals surface area contributed by atoms with Gasteiger partial charge in [0.1, 0.15) is 0 Å². The van der Waals surface area contributed by atoms with Crippen LogP contribution in [0.15, 0.2) is 36.4 Å². The average Bonchev–Trinajstić information content (AvgIpc) is 3.23. The average molecular weight is 402 g/mol. The molecule has 154 valence electrons. The molecule has 2 aromatic rings. The van der Waals surface area contributed by atoms with Gasteiger partial charge in [0.05, 0.1) is 5.56 Å². The fourth-order valence-corrected chi connectivity index (χ4v) is 3.23. The lowest BCUT2D eigenvalue weighted by Crippen LogP contribution is -2.28. The van der Waals surface area contributed by atoms with E-state index in [1.807, 2.05) is 13.0 Å². The SMILES string of the molecule is CCCNC(=O)c1cc(NC(=O)Nc2ccc(F)c(F)c2)ccc1N1CCCC1. The van der Waals surface area contributed by atoms with Crippen LogP contribution in [0, 0.1) is 11.6 Å². The van der Waals surface area contributed by atoms with E-state index in [2.05, 4.69) is 20.9 Å². The minimum atomic E-state index is -1.05. The lowest BCUT2D eigenvalue weighted by molar-refractivity contribution is 0.0954. The van der Waals surface area contributed by atoms with Crippen LogP contribution in [-0.2, 0) is 0 Å². The summed E-state index contributed by atoms with van der Waals surface area (Å²) in [4.78, 5) is 27.0. The minimum Gasteiger partial charge on any atom is -0.371 e. The third-order valence-corrected chi connectivity index (χ3v) is 4.66. The molecule has 0 unspecified atom stereocenters. The van der Waals surface area contributed by atoms with Crippen molar-refractivity contribution in [1.29, 1.82) is 0 Å². The van der Waals surface area contributed by atoms with Gasteiger partial charge in [-0.05, 0) is 49.6 Å². The summed E-state index contributed by atoms with van der Waals surface area (Å²) in [5.41, 5.74) is 1.87. The maximum Gasteiger partial charge on any atom is 0.323 e. The summed E-state index contributed by atoms with van der Waals surface area (Å²) in [6.45, 7) is 4.31. The number of carbonyl (C=O) groups excluding carboxylic acids is 2. The number of carbonyl (C=O) groups is 2. The van der Waals surface area contributed by atoms with Gasteiger partial charge in [-0.25, -0.2) is 13.6 Å². The molecular formula is C21H24F2N4O2. The first-order valence-electron chi connectivity index (χ1n) is 9.68. The molecule has 2 aromatic carbocycles. The zero-order valence-electron chi connectivity index (χ0n) is 16.2. The molecule has 1 fully saturated rings. The quantitative estimate of drug-likeness (QED) is 0.673. The van der Waals surface area contributed by atoms with E-state index in [4.69, 9.17) is 0 Å². The molecule has 3 rings (SSSR count). The summed E-state index contributed by atoms with van der Waals surface area (Å²) in [7, 11) is 0. The Balaban J connectivity index is 1.76. The normalized spacial score (nSPS) is 13.3. The van der Waals surface area contributed by atoms with Gasteiger partial charge in [0.15, 0.2) is 11.6 Å². The molecule has 0 spiro atoms. The molecule has 3 N–H and O–H groups in total. The molecule has 0 radical (unpaired) electrons. The van der Waals surface area contributed by atoms with Crippen LogP contribution in [0.1, 0.15) is 36.5 Å². The van der Waals surface area contributed by atoms with Gasteiger partial charge in [-0.1, -0.05) is 6.92 Å². The second-order valence-corrected chi connectivity index (χ2v) is 6.89. The van der Waals surface area contributed by atoms with Gasteiger partial charge in [-0.3, -0.25) is 4.79 Å². The highest BCUT2D eigenvalue weighted by molar-refractivity contribution is 6.04. The molecule has 1 aliphatic rings. The maximum absolute atomic E-state index is 13.3. The second kappa shape index (κ2) is 9.36. The van der Waals surface area contributed by atoms with Crippen LogP contribution in [0.25, 0.3) is 0 Å². The topological polar surface area (TPSA) is 73.5 Å². The molecule has 1 aliphatic heterocycles. The number of hydrogen-bond donors (Lipinski definition) is 3. The van der Waals surface area contributed by atoms with Crippen LogP contribution < -0.4 is 20.9 Å². The van der Waals surface area contributed by atoms with Crippen LogP contribution in [0.3, 0.4) is 0 Å². The highest BCUT2D eigenvalue weighted by atomic mass is 19.2. The molecule has 29 heavy (non-hydrogen) atoms. The van der Waals surface area contributed by atoms with E-state index in [0.717, 1.165) is 50.2 Å². The number of nitrogens with one attached hydrogen (secondary N) is 3. The Kier molecular flexibility index (Phi) is 6.64. The summed E-state index contributed by atoms with van der Waals surface area (Å²) in [5.74, 6) is -2.23. The van der Waals surface area contributed by atoms with Gasteiger partial charge in [0.25, 0.3) is 5.91 Å².